The first-order chi connectivity index (χ1) is 15.4. The SMILES string of the molecule is Cc1ccc(S(=O)(=O)Nc2ccccc2C(=O)Nc2ccccc2-c2ccccc2)cc1. The Kier molecular flexibility index (Phi) is 6.05. The van der Waals surface area contributed by atoms with Crippen molar-refractivity contribution < 1.29 is 13.2 Å². The number of benzene rings is 4. The Morgan fingerprint density at radius 2 is 1.28 bits per heavy atom. The van der Waals surface area contributed by atoms with E-state index in [2.05, 4.69) is 10.0 Å². The molecule has 0 fully saturated rings. The largest absolute Gasteiger partial charge is 0.321 e. The van der Waals surface area contributed by atoms with Gasteiger partial charge in [0, 0.05) is 11.3 Å². The van der Waals surface area contributed by atoms with Crippen LogP contribution in [0.25, 0.3) is 11.1 Å². The number of nitrogens with one attached hydrogen (secondary N) is 2. The first-order valence-corrected chi connectivity index (χ1v) is 11.6. The summed E-state index contributed by atoms with van der Waals surface area (Å²) in [5.41, 5.74) is 3.88. The summed E-state index contributed by atoms with van der Waals surface area (Å²) in [5, 5.41) is 2.92. The lowest BCUT2D eigenvalue weighted by atomic mass is 10.0. The van der Waals surface area contributed by atoms with E-state index in [1.54, 1.807) is 36.4 Å². The lowest BCUT2D eigenvalue weighted by Crippen LogP contribution is -2.19. The van der Waals surface area contributed by atoms with Crippen molar-refractivity contribution in [2.45, 2.75) is 11.8 Å². The number of carbonyl (C=O) groups is 1. The minimum Gasteiger partial charge on any atom is -0.321 e. The Bertz CT molecular complexity index is 1350. The fraction of sp³-hybridized carbons (Fsp3) is 0.0385. The molecule has 0 saturated heterocycles. The van der Waals surface area contributed by atoms with E-state index >= 15 is 0 Å². The second kappa shape index (κ2) is 9.08. The number of carbonyl (C=O) groups excluding carboxylic acids is 1. The zero-order valence-electron chi connectivity index (χ0n) is 17.4. The third-order valence-electron chi connectivity index (χ3n) is 5.01. The van der Waals surface area contributed by atoms with E-state index in [1.165, 1.54) is 12.1 Å². The molecule has 4 aromatic carbocycles. The first kappa shape index (κ1) is 21.3. The zero-order valence-corrected chi connectivity index (χ0v) is 18.3. The van der Waals surface area contributed by atoms with Gasteiger partial charge < -0.3 is 5.32 Å². The number of aryl methyl sites for hydroxylation is 1. The highest BCUT2D eigenvalue weighted by Gasteiger charge is 2.19. The Hall–Kier alpha value is -3.90. The summed E-state index contributed by atoms with van der Waals surface area (Å²) >= 11 is 0. The monoisotopic (exact) mass is 442 g/mol. The maximum absolute atomic E-state index is 13.1. The molecule has 0 unspecified atom stereocenters. The molecule has 0 heterocycles. The number of hydrogen-bond acceptors (Lipinski definition) is 3. The summed E-state index contributed by atoms with van der Waals surface area (Å²) in [6, 6.07) is 30.3. The van der Waals surface area contributed by atoms with Crippen molar-refractivity contribution in [3.63, 3.8) is 0 Å². The molecule has 6 heteroatoms. The van der Waals surface area contributed by atoms with Gasteiger partial charge in [0.15, 0.2) is 0 Å². The topological polar surface area (TPSA) is 75.3 Å². The smallest absolute Gasteiger partial charge is 0.261 e. The number of anilines is 2. The average molecular weight is 443 g/mol. The lowest BCUT2D eigenvalue weighted by Gasteiger charge is -2.15. The molecule has 0 aromatic heterocycles. The van der Waals surface area contributed by atoms with Crippen LogP contribution in [0.2, 0.25) is 0 Å². The van der Waals surface area contributed by atoms with Crippen LogP contribution in [-0.2, 0) is 10.0 Å². The number of amides is 1. The second-order valence-corrected chi connectivity index (χ2v) is 9.01. The number of sulfonamides is 1. The van der Waals surface area contributed by atoms with Crippen LogP contribution in [0.5, 0.6) is 0 Å². The third-order valence-corrected chi connectivity index (χ3v) is 6.39. The molecule has 2 N–H and O–H groups in total. The van der Waals surface area contributed by atoms with Crippen molar-refractivity contribution in [3.05, 3.63) is 114 Å². The molecule has 0 radical (unpaired) electrons. The fourth-order valence-electron chi connectivity index (χ4n) is 3.34. The van der Waals surface area contributed by atoms with Gasteiger partial charge in [-0.2, -0.15) is 0 Å². The van der Waals surface area contributed by atoms with E-state index in [0.717, 1.165) is 16.7 Å². The van der Waals surface area contributed by atoms with E-state index in [4.69, 9.17) is 0 Å². The van der Waals surface area contributed by atoms with Crippen molar-refractivity contribution in [1.29, 1.82) is 0 Å². The van der Waals surface area contributed by atoms with Crippen LogP contribution in [-0.4, -0.2) is 14.3 Å². The van der Waals surface area contributed by atoms with Crippen LogP contribution < -0.4 is 10.0 Å². The van der Waals surface area contributed by atoms with Gasteiger partial charge in [-0.1, -0.05) is 78.4 Å². The fourth-order valence-corrected chi connectivity index (χ4v) is 4.42. The molecule has 4 rings (SSSR count). The molecule has 0 aliphatic rings. The maximum atomic E-state index is 13.1. The molecular formula is C26H22N2O3S. The van der Waals surface area contributed by atoms with Crippen molar-refractivity contribution in [3.8, 4) is 11.1 Å². The number of para-hydroxylation sites is 2. The Morgan fingerprint density at radius 3 is 2.00 bits per heavy atom. The molecule has 0 bridgehead atoms. The molecule has 0 aliphatic heterocycles. The van der Waals surface area contributed by atoms with E-state index in [-0.39, 0.29) is 16.1 Å². The molecule has 0 saturated carbocycles. The maximum Gasteiger partial charge on any atom is 0.261 e. The van der Waals surface area contributed by atoms with E-state index in [9.17, 15) is 13.2 Å². The highest BCUT2D eigenvalue weighted by molar-refractivity contribution is 7.92. The van der Waals surface area contributed by atoms with Gasteiger partial charge in [0.1, 0.15) is 0 Å². The summed E-state index contributed by atoms with van der Waals surface area (Å²) < 4.78 is 28.2. The average Bonchev–Trinajstić information content (AvgIpc) is 2.80. The van der Waals surface area contributed by atoms with E-state index in [0.29, 0.717) is 5.69 Å². The van der Waals surface area contributed by atoms with Crippen LogP contribution in [0.3, 0.4) is 0 Å². The van der Waals surface area contributed by atoms with Gasteiger partial charge in [-0.15, -0.1) is 0 Å². The lowest BCUT2D eigenvalue weighted by molar-refractivity contribution is 0.102. The van der Waals surface area contributed by atoms with Crippen LogP contribution in [0.15, 0.2) is 108 Å². The first-order valence-electron chi connectivity index (χ1n) is 10.1. The highest BCUT2D eigenvalue weighted by Crippen LogP contribution is 2.29. The zero-order chi connectivity index (χ0) is 22.6. The summed E-state index contributed by atoms with van der Waals surface area (Å²) in [4.78, 5) is 13.3. The molecule has 32 heavy (non-hydrogen) atoms. The molecule has 0 spiro atoms. The molecule has 5 nitrogen and oxygen atoms in total. The summed E-state index contributed by atoms with van der Waals surface area (Å²) in [6.45, 7) is 1.89. The normalized spacial score (nSPS) is 11.0. The molecule has 0 aliphatic carbocycles. The molecule has 1 amide bonds. The Balaban J connectivity index is 1.63. The van der Waals surface area contributed by atoms with E-state index < -0.39 is 15.9 Å². The van der Waals surface area contributed by atoms with Gasteiger partial charge >= 0.3 is 0 Å². The van der Waals surface area contributed by atoms with Gasteiger partial charge in [0.05, 0.1) is 16.1 Å². The van der Waals surface area contributed by atoms with Crippen LogP contribution in [0, 0.1) is 6.92 Å². The number of hydrogen-bond donors (Lipinski definition) is 2. The summed E-state index contributed by atoms with van der Waals surface area (Å²) in [6.07, 6.45) is 0. The van der Waals surface area contributed by atoms with Crippen molar-refractivity contribution in [2.75, 3.05) is 10.0 Å². The van der Waals surface area contributed by atoms with Crippen molar-refractivity contribution >= 4 is 27.3 Å². The summed E-state index contributed by atoms with van der Waals surface area (Å²) in [5.74, 6) is -0.407. The summed E-state index contributed by atoms with van der Waals surface area (Å²) in [7, 11) is -3.84. The van der Waals surface area contributed by atoms with Gasteiger partial charge in [0.25, 0.3) is 15.9 Å². The van der Waals surface area contributed by atoms with Crippen LogP contribution in [0.4, 0.5) is 11.4 Å². The number of rotatable bonds is 6. The van der Waals surface area contributed by atoms with Crippen molar-refractivity contribution in [2.24, 2.45) is 0 Å². The van der Waals surface area contributed by atoms with E-state index in [1.807, 2.05) is 61.5 Å². The van der Waals surface area contributed by atoms with Crippen LogP contribution >= 0.6 is 0 Å². The Labute approximate surface area is 187 Å². The van der Waals surface area contributed by atoms with Crippen LogP contribution in [0.1, 0.15) is 15.9 Å². The minimum atomic E-state index is -3.84. The second-order valence-electron chi connectivity index (χ2n) is 7.33. The predicted octanol–water partition coefficient (Wildman–Crippen LogP) is 5.72. The molecule has 160 valence electrons. The van der Waals surface area contributed by atoms with Gasteiger partial charge in [-0.3, -0.25) is 9.52 Å². The van der Waals surface area contributed by atoms with Crippen molar-refractivity contribution in [1.82, 2.24) is 0 Å². The van der Waals surface area contributed by atoms with Gasteiger partial charge in [-0.25, -0.2) is 8.42 Å². The molecular weight excluding hydrogens is 420 g/mol. The quantitative estimate of drug-likeness (QED) is 0.401. The van der Waals surface area contributed by atoms with Gasteiger partial charge in [-0.05, 0) is 42.8 Å². The molecule has 0 atom stereocenters. The Morgan fingerprint density at radius 1 is 0.688 bits per heavy atom. The third kappa shape index (κ3) is 4.71. The predicted molar refractivity (Wildman–Crippen MR) is 128 cm³/mol. The van der Waals surface area contributed by atoms with Gasteiger partial charge in [0.2, 0.25) is 0 Å². The standard InChI is InChI=1S/C26H22N2O3S/c1-19-15-17-21(18-16-19)32(30,31)28-25-14-8-6-12-23(25)26(29)27-24-13-7-5-11-22(24)20-9-3-2-4-10-20/h2-18,28H,1H3,(H,27,29). The minimum absolute atomic E-state index is 0.132. The highest BCUT2D eigenvalue weighted by atomic mass is 32.2. The molecule has 4 aromatic rings.